The zero-order valence-electron chi connectivity index (χ0n) is 20.4. The standard InChI is InChI=1S/C32H22N4O/c1-19-20(2)36-30-10-6-4-8-26(30)24-14-12-22(18-28(24)32(36)34-19)37-21-11-13-23-25-7-3-5-9-29(25)35-16-15-33-31(35)27(23)17-21/h3-18H,1-2H3. The average molecular weight is 479 g/mol. The van der Waals surface area contributed by atoms with Crippen molar-refractivity contribution in [3.63, 3.8) is 0 Å². The molecule has 0 bridgehead atoms. The molecule has 4 aromatic carbocycles. The van der Waals surface area contributed by atoms with E-state index in [4.69, 9.17) is 9.72 Å². The van der Waals surface area contributed by atoms with Crippen LogP contribution in [0.15, 0.2) is 97.3 Å². The quantitative estimate of drug-likeness (QED) is 0.236. The Balaban J connectivity index is 1.33. The van der Waals surface area contributed by atoms with Crippen molar-refractivity contribution in [1.29, 1.82) is 0 Å². The number of nitrogens with zero attached hydrogens (tertiary/aromatic N) is 4. The van der Waals surface area contributed by atoms with Gasteiger partial charge in [0.25, 0.3) is 0 Å². The second-order valence-corrected chi connectivity index (χ2v) is 9.61. The van der Waals surface area contributed by atoms with E-state index >= 15 is 0 Å². The molecule has 5 nitrogen and oxygen atoms in total. The number of hydrogen-bond donors (Lipinski definition) is 0. The van der Waals surface area contributed by atoms with Gasteiger partial charge in [-0.15, -0.1) is 0 Å². The number of para-hydroxylation sites is 2. The minimum absolute atomic E-state index is 0.777. The highest BCUT2D eigenvalue weighted by molar-refractivity contribution is 6.13. The van der Waals surface area contributed by atoms with Gasteiger partial charge in [-0.2, -0.15) is 0 Å². The Morgan fingerprint density at radius 2 is 1.24 bits per heavy atom. The summed E-state index contributed by atoms with van der Waals surface area (Å²) in [5.74, 6) is 1.56. The van der Waals surface area contributed by atoms with Crippen LogP contribution in [0.5, 0.6) is 11.5 Å². The van der Waals surface area contributed by atoms with E-state index in [0.29, 0.717) is 0 Å². The number of imidazole rings is 2. The Morgan fingerprint density at radius 3 is 1.97 bits per heavy atom. The van der Waals surface area contributed by atoms with E-state index in [-0.39, 0.29) is 0 Å². The SMILES string of the molecule is Cc1nc2c3cc(Oc4ccc5c6ccccc6n6ccnc6c5c4)ccc3c3ccccc3n2c1C. The van der Waals surface area contributed by atoms with Crippen LogP contribution < -0.4 is 4.74 Å². The van der Waals surface area contributed by atoms with Crippen molar-refractivity contribution < 1.29 is 4.74 Å². The molecule has 37 heavy (non-hydrogen) atoms. The fraction of sp³-hybridized carbons (Fsp3) is 0.0625. The van der Waals surface area contributed by atoms with Crippen LogP contribution in [0.1, 0.15) is 11.4 Å². The summed E-state index contributed by atoms with van der Waals surface area (Å²) in [7, 11) is 0. The summed E-state index contributed by atoms with van der Waals surface area (Å²) in [5.41, 5.74) is 6.39. The Labute approximate surface area is 212 Å². The number of aromatic nitrogens is 4. The van der Waals surface area contributed by atoms with Gasteiger partial charge in [-0.25, -0.2) is 9.97 Å². The first-order chi connectivity index (χ1) is 18.2. The molecule has 8 aromatic rings. The van der Waals surface area contributed by atoms with Gasteiger partial charge in [0.1, 0.15) is 22.8 Å². The van der Waals surface area contributed by atoms with Gasteiger partial charge in [-0.3, -0.25) is 8.80 Å². The molecule has 0 fully saturated rings. The fourth-order valence-electron chi connectivity index (χ4n) is 5.74. The van der Waals surface area contributed by atoms with Gasteiger partial charge in [0.05, 0.1) is 16.7 Å². The van der Waals surface area contributed by atoms with Gasteiger partial charge < -0.3 is 4.74 Å². The molecule has 0 atom stereocenters. The Hall–Kier alpha value is -4.90. The molecule has 0 aliphatic carbocycles. The molecule has 8 rings (SSSR count). The maximum atomic E-state index is 6.46. The summed E-state index contributed by atoms with van der Waals surface area (Å²) in [5, 5.41) is 6.88. The predicted molar refractivity (Wildman–Crippen MR) is 150 cm³/mol. The first-order valence-electron chi connectivity index (χ1n) is 12.4. The molecule has 0 aliphatic rings. The third kappa shape index (κ3) is 2.79. The van der Waals surface area contributed by atoms with Crippen molar-refractivity contribution in [2.45, 2.75) is 13.8 Å². The molecule has 0 spiro atoms. The van der Waals surface area contributed by atoms with E-state index in [2.05, 4.69) is 100 Å². The molecule has 5 heteroatoms. The van der Waals surface area contributed by atoms with Crippen LogP contribution in [0.3, 0.4) is 0 Å². The molecule has 0 amide bonds. The normalized spacial score (nSPS) is 12.1. The molecular weight excluding hydrogens is 456 g/mol. The van der Waals surface area contributed by atoms with Crippen LogP contribution in [-0.2, 0) is 0 Å². The van der Waals surface area contributed by atoms with E-state index in [1.165, 1.54) is 21.7 Å². The van der Waals surface area contributed by atoms with Crippen molar-refractivity contribution in [2.24, 2.45) is 0 Å². The maximum Gasteiger partial charge on any atom is 0.145 e. The fourth-order valence-corrected chi connectivity index (χ4v) is 5.74. The number of rotatable bonds is 2. The first-order valence-corrected chi connectivity index (χ1v) is 12.4. The van der Waals surface area contributed by atoms with Crippen molar-refractivity contribution in [3.05, 3.63) is 109 Å². The Morgan fingerprint density at radius 1 is 0.622 bits per heavy atom. The highest BCUT2D eigenvalue weighted by Gasteiger charge is 2.15. The van der Waals surface area contributed by atoms with Gasteiger partial charge in [0.15, 0.2) is 0 Å². The van der Waals surface area contributed by atoms with E-state index in [9.17, 15) is 0 Å². The number of aryl methyl sites for hydroxylation is 2. The van der Waals surface area contributed by atoms with Crippen molar-refractivity contribution in [3.8, 4) is 11.5 Å². The van der Waals surface area contributed by atoms with E-state index in [0.717, 1.165) is 55.9 Å². The zero-order valence-corrected chi connectivity index (χ0v) is 20.4. The van der Waals surface area contributed by atoms with Crippen molar-refractivity contribution in [1.82, 2.24) is 18.8 Å². The van der Waals surface area contributed by atoms with Crippen LogP contribution in [-0.4, -0.2) is 18.8 Å². The van der Waals surface area contributed by atoms with Crippen LogP contribution in [0.25, 0.3) is 54.6 Å². The van der Waals surface area contributed by atoms with Crippen molar-refractivity contribution in [2.75, 3.05) is 0 Å². The summed E-state index contributed by atoms with van der Waals surface area (Å²) in [6, 6.07) is 29.5. The second-order valence-electron chi connectivity index (χ2n) is 9.61. The lowest BCUT2D eigenvalue weighted by molar-refractivity contribution is 0.484. The summed E-state index contributed by atoms with van der Waals surface area (Å²) < 4.78 is 10.9. The van der Waals surface area contributed by atoms with E-state index in [1.807, 2.05) is 24.5 Å². The lowest BCUT2D eigenvalue weighted by Gasteiger charge is -2.13. The predicted octanol–water partition coefficient (Wildman–Crippen LogP) is 8.00. The maximum absolute atomic E-state index is 6.46. The van der Waals surface area contributed by atoms with Crippen molar-refractivity contribution >= 4 is 54.6 Å². The highest BCUT2D eigenvalue weighted by Crippen LogP contribution is 2.36. The summed E-state index contributed by atoms with van der Waals surface area (Å²) in [6.45, 7) is 4.20. The van der Waals surface area contributed by atoms with E-state index in [1.54, 1.807) is 0 Å². The lowest BCUT2D eigenvalue weighted by Crippen LogP contribution is -1.94. The third-order valence-electron chi connectivity index (χ3n) is 7.57. The zero-order chi connectivity index (χ0) is 24.7. The number of benzene rings is 4. The number of fused-ring (bicyclic) bond motifs is 12. The lowest BCUT2D eigenvalue weighted by atomic mass is 10.1. The Kier molecular flexibility index (Phi) is 4.01. The minimum Gasteiger partial charge on any atom is -0.457 e. The minimum atomic E-state index is 0.777. The molecule has 4 aromatic heterocycles. The molecular formula is C32H22N4O. The van der Waals surface area contributed by atoms with E-state index < -0.39 is 0 Å². The van der Waals surface area contributed by atoms with Gasteiger partial charge in [-0.1, -0.05) is 36.4 Å². The summed E-state index contributed by atoms with van der Waals surface area (Å²) in [6.07, 6.45) is 3.86. The smallest absolute Gasteiger partial charge is 0.145 e. The summed E-state index contributed by atoms with van der Waals surface area (Å²) >= 11 is 0. The number of hydrogen-bond acceptors (Lipinski definition) is 3. The molecule has 4 heterocycles. The second kappa shape index (κ2) is 7.31. The molecule has 0 saturated heterocycles. The molecule has 0 N–H and O–H groups in total. The summed E-state index contributed by atoms with van der Waals surface area (Å²) in [4.78, 5) is 9.59. The molecule has 0 unspecified atom stereocenters. The molecule has 0 saturated carbocycles. The Bertz CT molecular complexity index is 2200. The van der Waals surface area contributed by atoms with Crippen LogP contribution in [0.2, 0.25) is 0 Å². The average Bonchev–Trinajstić information content (AvgIpc) is 3.54. The molecule has 0 radical (unpaired) electrons. The molecule has 0 aliphatic heterocycles. The van der Waals surface area contributed by atoms with Gasteiger partial charge >= 0.3 is 0 Å². The van der Waals surface area contributed by atoms with Crippen LogP contribution in [0.4, 0.5) is 0 Å². The third-order valence-corrected chi connectivity index (χ3v) is 7.57. The van der Waals surface area contributed by atoms with Gasteiger partial charge in [0, 0.05) is 39.6 Å². The van der Waals surface area contributed by atoms with Gasteiger partial charge in [0.2, 0.25) is 0 Å². The largest absolute Gasteiger partial charge is 0.457 e. The highest BCUT2D eigenvalue weighted by atomic mass is 16.5. The topological polar surface area (TPSA) is 43.8 Å². The number of ether oxygens (including phenoxy) is 1. The van der Waals surface area contributed by atoms with Crippen LogP contribution in [0, 0.1) is 13.8 Å². The molecule has 176 valence electrons. The van der Waals surface area contributed by atoms with Crippen LogP contribution >= 0.6 is 0 Å². The van der Waals surface area contributed by atoms with Gasteiger partial charge in [-0.05, 0) is 73.2 Å². The number of pyridine rings is 2. The monoisotopic (exact) mass is 478 g/mol. The first kappa shape index (κ1) is 20.3.